The molecule has 2 aliphatic rings. The standard InChI is InChI=1S/C36H42N4O6.2K.Yb/c1-17-23(9-11-33(41)42)29-16-30-24(10-12-34(43)44)18(2)26(38-30)14-31-36(22(6)46-8)20(4)28(40-31)15-32-35(21(5)45-7)19(3)27(39-32)13-25(17)37-29;;;/h13-16,21-22,39-40H,9-12H2,1-8H3,(H,41,42)(H,43,44);;;/q;2*+1;+3. The Morgan fingerprint density at radius 2 is 1.02 bits per heavy atom. The summed E-state index contributed by atoms with van der Waals surface area (Å²) in [4.78, 5) is 40.5. The third-order valence-corrected chi connectivity index (χ3v) is 9.33. The zero-order chi connectivity index (χ0) is 33.4. The molecule has 0 aromatic carbocycles. The van der Waals surface area contributed by atoms with E-state index in [-0.39, 0.29) is 175 Å². The summed E-state index contributed by atoms with van der Waals surface area (Å²) in [5, 5.41) is 19.1. The molecule has 3 aromatic heterocycles. The van der Waals surface area contributed by atoms with Crippen molar-refractivity contribution < 1.29 is 179 Å². The van der Waals surface area contributed by atoms with Gasteiger partial charge in [0.2, 0.25) is 0 Å². The molecule has 5 rings (SSSR count). The molecule has 0 spiro atoms. The van der Waals surface area contributed by atoms with E-state index in [1.165, 1.54) is 0 Å². The molecule has 0 aliphatic carbocycles. The van der Waals surface area contributed by atoms with Crippen LogP contribution in [0.3, 0.4) is 0 Å². The van der Waals surface area contributed by atoms with Gasteiger partial charge in [0.15, 0.2) is 0 Å². The summed E-state index contributed by atoms with van der Waals surface area (Å²) in [6, 6.07) is 7.97. The van der Waals surface area contributed by atoms with Crippen molar-refractivity contribution >= 4 is 56.3 Å². The fourth-order valence-electron chi connectivity index (χ4n) is 6.52. The molecule has 5 heterocycles. The molecule has 0 saturated heterocycles. The number of aliphatic carboxylic acids is 2. The van der Waals surface area contributed by atoms with Gasteiger partial charge in [0.05, 0.1) is 35.0 Å². The van der Waals surface area contributed by atoms with Gasteiger partial charge in [-0.1, -0.05) is 0 Å². The van der Waals surface area contributed by atoms with Crippen molar-refractivity contribution in [3.63, 3.8) is 0 Å². The monoisotopic (exact) mass is 878 g/mol. The first-order valence-electron chi connectivity index (χ1n) is 15.5. The quantitative estimate of drug-likeness (QED) is 0.226. The molecular formula is C36H42K2N4O6Yb+5. The number of carbonyl (C=O) groups is 2. The zero-order valence-corrected chi connectivity index (χ0v) is 37.9. The average Bonchev–Trinajstić information content (AvgIpc) is 3.67. The number of carboxylic acid groups (broad SMARTS) is 2. The molecule has 253 valence electrons. The van der Waals surface area contributed by atoms with Gasteiger partial charge in [0.25, 0.3) is 0 Å². The number of hydrogen-bond donors (Lipinski definition) is 4. The van der Waals surface area contributed by atoms with Crippen LogP contribution < -0.4 is 103 Å². The maximum Gasteiger partial charge on any atom is 3.00 e. The van der Waals surface area contributed by atoms with Crippen LogP contribution in [0.25, 0.3) is 44.4 Å². The minimum absolute atomic E-state index is 0. The molecule has 2 atom stereocenters. The maximum absolute atomic E-state index is 11.6. The molecule has 3 aromatic rings. The van der Waals surface area contributed by atoms with Crippen LogP contribution in [-0.2, 0) is 19.1 Å². The summed E-state index contributed by atoms with van der Waals surface area (Å²) >= 11 is 0. The Kier molecular flexibility index (Phi) is 18.1. The number of aryl methyl sites for hydroxylation is 2. The number of fused-ring (bicyclic) bond motifs is 8. The number of allylic oxidation sites excluding steroid dienone is 4. The van der Waals surface area contributed by atoms with Gasteiger partial charge in [-0.25, -0.2) is 9.97 Å². The number of nitrogens with zero attached hydrogens (tertiary/aromatic N) is 2. The van der Waals surface area contributed by atoms with Crippen LogP contribution in [0.4, 0.5) is 0 Å². The number of rotatable bonds is 10. The fraction of sp³-hybridized carbons (Fsp3) is 0.389. The Bertz CT molecular complexity index is 1980. The van der Waals surface area contributed by atoms with Crippen LogP contribution in [0.1, 0.15) is 111 Å². The van der Waals surface area contributed by atoms with Crippen LogP contribution in [-0.4, -0.2) is 56.3 Å². The predicted molar refractivity (Wildman–Crippen MR) is 180 cm³/mol. The number of hydrogen-bond acceptors (Lipinski definition) is 6. The minimum Gasteiger partial charge on any atom is -0.481 e. The molecule has 10 nitrogen and oxygen atoms in total. The van der Waals surface area contributed by atoms with Gasteiger partial charge in [-0.05, 0) is 112 Å². The number of aromatic nitrogens is 4. The Morgan fingerprint density at radius 1 is 0.653 bits per heavy atom. The van der Waals surface area contributed by atoms with Gasteiger partial charge in [-0.3, -0.25) is 9.59 Å². The molecule has 49 heavy (non-hydrogen) atoms. The van der Waals surface area contributed by atoms with Crippen molar-refractivity contribution in [1.29, 1.82) is 0 Å². The Morgan fingerprint density at radius 3 is 1.41 bits per heavy atom. The second-order valence-corrected chi connectivity index (χ2v) is 12.1. The van der Waals surface area contributed by atoms with Crippen LogP contribution in [0.5, 0.6) is 0 Å². The number of methoxy groups -OCH3 is 2. The van der Waals surface area contributed by atoms with Crippen LogP contribution in [0.2, 0.25) is 0 Å². The minimum atomic E-state index is -0.893. The molecule has 8 bridgehead atoms. The third kappa shape index (κ3) is 9.87. The zero-order valence-electron chi connectivity index (χ0n) is 30.0. The summed E-state index contributed by atoms with van der Waals surface area (Å²) in [5.41, 5.74) is 13.8. The number of H-pyrrole nitrogens is 2. The number of carboxylic acids is 2. The van der Waals surface area contributed by atoms with E-state index < -0.39 is 11.9 Å². The first-order valence-corrected chi connectivity index (χ1v) is 15.5. The van der Waals surface area contributed by atoms with E-state index in [1.807, 2.05) is 45.9 Å². The molecule has 0 saturated carbocycles. The molecule has 13 heteroatoms. The Balaban J connectivity index is 0.00000278. The van der Waals surface area contributed by atoms with Gasteiger partial charge in [-0.2, -0.15) is 0 Å². The second kappa shape index (κ2) is 19.5. The van der Waals surface area contributed by atoms with Gasteiger partial charge in [-0.15, -0.1) is 0 Å². The van der Waals surface area contributed by atoms with Crippen molar-refractivity contribution in [3.05, 3.63) is 69.3 Å². The molecule has 1 radical (unpaired) electrons. The van der Waals surface area contributed by atoms with Crippen molar-refractivity contribution in [2.45, 2.75) is 79.4 Å². The predicted octanol–water partition coefficient (Wildman–Crippen LogP) is 1.95. The first-order chi connectivity index (χ1) is 21.8. The molecule has 0 fully saturated rings. The van der Waals surface area contributed by atoms with Gasteiger partial charge in [0.1, 0.15) is 0 Å². The van der Waals surface area contributed by atoms with E-state index in [0.29, 0.717) is 29.9 Å². The Labute approximate surface area is 410 Å². The second-order valence-electron chi connectivity index (χ2n) is 12.1. The number of nitrogens with one attached hydrogen (secondary N) is 2. The van der Waals surface area contributed by atoms with E-state index in [0.717, 1.165) is 72.3 Å². The van der Waals surface area contributed by atoms with Gasteiger partial charge < -0.3 is 29.7 Å². The van der Waals surface area contributed by atoms with Crippen LogP contribution >= 0.6 is 0 Å². The van der Waals surface area contributed by atoms with Gasteiger partial charge in [0, 0.05) is 60.3 Å². The summed E-state index contributed by atoms with van der Waals surface area (Å²) in [5.74, 6) is -1.78. The van der Waals surface area contributed by atoms with Gasteiger partial charge >= 0.3 is 162 Å². The molecule has 2 unspecified atom stereocenters. The fourth-order valence-corrected chi connectivity index (χ4v) is 6.52. The van der Waals surface area contributed by atoms with E-state index in [9.17, 15) is 19.8 Å². The van der Waals surface area contributed by atoms with Crippen LogP contribution in [0.15, 0.2) is 24.3 Å². The normalized spacial score (nSPS) is 13.7. The van der Waals surface area contributed by atoms with E-state index in [4.69, 9.17) is 19.4 Å². The Hall–Kier alpha value is 0.252. The van der Waals surface area contributed by atoms with E-state index >= 15 is 0 Å². The van der Waals surface area contributed by atoms with Crippen molar-refractivity contribution in [3.8, 4) is 0 Å². The summed E-state index contributed by atoms with van der Waals surface area (Å²) in [7, 11) is 3.38. The smallest absolute Gasteiger partial charge is 0.481 e. The van der Waals surface area contributed by atoms with E-state index in [2.05, 4.69) is 29.9 Å². The van der Waals surface area contributed by atoms with Crippen molar-refractivity contribution in [2.75, 3.05) is 14.2 Å². The van der Waals surface area contributed by atoms with E-state index in [1.54, 1.807) is 14.2 Å². The number of aromatic amines is 2. The molecular weight excluding hydrogens is 836 g/mol. The molecule has 2 aliphatic heterocycles. The molecule has 0 amide bonds. The topological polar surface area (TPSA) is 150 Å². The first kappa shape index (κ1) is 45.4. The SMILES string of the molecule is COC(C)c1c(C)c2cc3[nH]c(cc4nc(cc5nc(cc1[nH]2)C(C)=C5CCC(=O)O)C(CCC(=O)O)=C4C)c(C)c3C(C)OC.[K+].[K+].[Yb+3]. The molecule has 4 N–H and O–H groups in total. The average molecular weight is 878 g/mol. The largest absolute Gasteiger partial charge is 3.00 e. The maximum atomic E-state index is 11.6. The summed E-state index contributed by atoms with van der Waals surface area (Å²) < 4.78 is 11.6. The van der Waals surface area contributed by atoms with Crippen molar-refractivity contribution in [1.82, 2.24) is 19.9 Å². The van der Waals surface area contributed by atoms with Crippen molar-refractivity contribution in [2.24, 2.45) is 0 Å². The summed E-state index contributed by atoms with van der Waals surface area (Å²) in [6.45, 7) is 12.1. The number of ether oxygens (including phenoxy) is 2. The summed E-state index contributed by atoms with van der Waals surface area (Å²) in [6.07, 6.45) is 0.106. The van der Waals surface area contributed by atoms with Crippen LogP contribution in [0, 0.1) is 60.8 Å². The third-order valence-electron chi connectivity index (χ3n) is 9.33.